The summed E-state index contributed by atoms with van der Waals surface area (Å²) in [6.07, 6.45) is 4.75. The highest BCUT2D eigenvalue weighted by Gasteiger charge is 2.20. The van der Waals surface area contributed by atoms with Crippen LogP contribution in [0.25, 0.3) is 0 Å². The summed E-state index contributed by atoms with van der Waals surface area (Å²) in [5, 5.41) is 13.3. The molecule has 2 nitrogen and oxygen atoms in total. The maximum absolute atomic E-state index is 9.63. The SMILES string of the molecule is CC(C)(C)CCNC1CCCc2ccc(O)cc21. The van der Waals surface area contributed by atoms with Crippen molar-refractivity contribution in [3.8, 4) is 5.75 Å². The van der Waals surface area contributed by atoms with Gasteiger partial charge in [-0.25, -0.2) is 0 Å². The molecule has 0 radical (unpaired) electrons. The molecule has 0 bridgehead atoms. The van der Waals surface area contributed by atoms with Crippen LogP contribution in [-0.4, -0.2) is 11.7 Å². The van der Waals surface area contributed by atoms with E-state index in [1.165, 1.54) is 30.4 Å². The van der Waals surface area contributed by atoms with E-state index in [0.29, 0.717) is 17.2 Å². The van der Waals surface area contributed by atoms with Crippen LogP contribution in [0.2, 0.25) is 0 Å². The summed E-state index contributed by atoms with van der Waals surface area (Å²) in [4.78, 5) is 0. The minimum absolute atomic E-state index is 0.378. The summed E-state index contributed by atoms with van der Waals surface area (Å²) in [6, 6.07) is 6.23. The highest BCUT2D eigenvalue weighted by molar-refractivity contribution is 5.38. The lowest BCUT2D eigenvalue weighted by Crippen LogP contribution is -2.28. The molecule has 0 aliphatic heterocycles. The Morgan fingerprint density at radius 3 is 2.83 bits per heavy atom. The summed E-state index contributed by atoms with van der Waals surface area (Å²) in [5.74, 6) is 0.387. The Kier molecular flexibility index (Phi) is 3.96. The number of hydrogen-bond acceptors (Lipinski definition) is 2. The van der Waals surface area contributed by atoms with E-state index in [1.807, 2.05) is 6.07 Å². The average molecular weight is 247 g/mol. The number of benzene rings is 1. The second kappa shape index (κ2) is 5.31. The third kappa shape index (κ3) is 3.49. The van der Waals surface area contributed by atoms with Crippen LogP contribution in [-0.2, 0) is 6.42 Å². The first-order valence-corrected chi connectivity index (χ1v) is 7.01. The lowest BCUT2D eigenvalue weighted by molar-refractivity contribution is 0.345. The number of rotatable bonds is 3. The Hall–Kier alpha value is -1.02. The minimum Gasteiger partial charge on any atom is -0.508 e. The molecule has 1 aromatic rings. The monoisotopic (exact) mass is 247 g/mol. The van der Waals surface area contributed by atoms with E-state index >= 15 is 0 Å². The number of aromatic hydroxyl groups is 1. The smallest absolute Gasteiger partial charge is 0.115 e. The quantitative estimate of drug-likeness (QED) is 0.851. The van der Waals surface area contributed by atoms with Gasteiger partial charge in [0.25, 0.3) is 0 Å². The zero-order chi connectivity index (χ0) is 13.2. The molecular formula is C16H25NO. The van der Waals surface area contributed by atoms with Crippen molar-refractivity contribution >= 4 is 0 Å². The Bertz CT molecular complexity index is 406. The fourth-order valence-electron chi connectivity index (χ4n) is 2.62. The summed E-state index contributed by atoms with van der Waals surface area (Å²) in [7, 11) is 0. The minimum atomic E-state index is 0.378. The first-order valence-electron chi connectivity index (χ1n) is 7.01. The maximum Gasteiger partial charge on any atom is 0.115 e. The molecular weight excluding hydrogens is 222 g/mol. The lowest BCUT2D eigenvalue weighted by Gasteiger charge is -2.28. The van der Waals surface area contributed by atoms with Crippen LogP contribution in [0.5, 0.6) is 5.75 Å². The summed E-state index contributed by atoms with van der Waals surface area (Å²) < 4.78 is 0. The normalized spacial score (nSPS) is 19.6. The van der Waals surface area contributed by atoms with Crippen molar-refractivity contribution in [2.75, 3.05) is 6.54 Å². The van der Waals surface area contributed by atoms with E-state index in [1.54, 1.807) is 6.07 Å². The molecule has 2 heteroatoms. The van der Waals surface area contributed by atoms with Crippen LogP contribution in [0.1, 0.15) is 57.2 Å². The summed E-state index contributed by atoms with van der Waals surface area (Å²) in [5.41, 5.74) is 3.08. The molecule has 0 heterocycles. The first-order chi connectivity index (χ1) is 8.46. The molecule has 0 amide bonds. The molecule has 1 aliphatic rings. The standard InChI is InChI=1S/C16H25NO/c1-16(2,3)9-10-17-15-6-4-5-12-7-8-13(18)11-14(12)15/h7-8,11,15,17-18H,4-6,9-10H2,1-3H3. The molecule has 100 valence electrons. The maximum atomic E-state index is 9.63. The zero-order valence-electron chi connectivity index (χ0n) is 11.8. The van der Waals surface area contributed by atoms with Crippen molar-refractivity contribution in [2.24, 2.45) is 5.41 Å². The first kappa shape index (κ1) is 13.4. The Morgan fingerprint density at radius 2 is 2.11 bits per heavy atom. The van der Waals surface area contributed by atoms with Gasteiger partial charge in [0.1, 0.15) is 5.75 Å². The molecule has 2 N–H and O–H groups in total. The van der Waals surface area contributed by atoms with Crippen LogP contribution in [0.15, 0.2) is 18.2 Å². The van der Waals surface area contributed by atoms with Crippen molar-refractivity contribution in [1.82, 2.24) is 5.32 Å². The Balaban J connectivity index is 2.01. The van der Waals surface area contributed by atoms with Crippen molar-refractivity contribution in [3.63, 3.8) is 0 Å². The number of fused-ring (bicyclic) bond motifs is 1. The predicted molar refractivity (Wildman–Crippen MR) is 75.9 cm³/mol. The van der Waals surface area contributed by atoms with Crippen LogP contribution in [0.3, 0.4) is 0 Å². The highest BCUT2D eigenvalue weighted by Crippen LogP contribution is 2.32. The number of aryl methyl sites for hydroxylation is 1. The number of phenolic OH excluding ortho intramolecular Hbond substituents is 1. The molecule has 1 unspecified atom stereocenters. The van der Waals surface area contributed by atoms with Gasteiger partial charge in [0.05, 0.1) is 0 Å². The van der Waals surface area contributed by atoms with Gasteiger partial charge in [0.15, 0.2) is 0 Å². The molecule has 18 heavy (non-hydrogen) atoms. The highest BCUT2D eigenvalue weighted by atomic mass is 16.3. The second-order valence-electron chi connectivity index (χ2n) is 6.59. The average Bonchev–Trinajstić information content (AvgIpc) is 2.28. The van der Waals surface area contributed by atoms with E-state index in [9.17, 15) is 5.11 Å². The second-order valence-corrected chi connectivity index (χ2v) is 6.59. The van der Waals surface area contributed by atoms with Gasteiger partial charge in [-0.05, 0) is 60.9 Å². The Morgan fingerprint density at radius 1 is 1.33 bits per heavy atom. The summed E-state index contributed by atoms with van der Waals surface area (Å²) in [6.45, 7) is 7.86. The van der Waals surface area contributed by atoms with E-state index in [2.05, 4.69) is 32.2 Å². The molecule has 2 rings (SSSR count). The van der Waals surface area contributed by atoms with Gasteiger partial charge >= 0.3 is 0 Å². The van der Waals surface area contributed by atoms with Gasteiger partial charge in [-0.15, -0.1) is 0 Å². The van der Waals surface area contributed by atoms with Crippen molar-refractivity contribution in [2.45, 2.75) is 52.5 Å². The predicted octanol–water partition coefficient (Wildman–Crippen LogP) is 3.80. The summed E-state index contributed by atoms with van der Waals surface area (Å²) >= 11 is 0. The van der Waals surface area contributed by atoms with Crippen molar-refractivity contribution in [1.29, 1.82) is 0 Å². The van der Waals surface area contributed by atoms with Gasteiger partial charge in [-0.3, -0.25) is 0 Å². The van der Waals surface area contributed by atoms with E-state index in [-0.39, 0.29) is 0 Å². The molecule has 1 aromatic carbocycles. The third-order valence-corrected chi connectivity index (χ3v) is 3.71. The zero-order valence-corrected chi connectivity index (χ0v) is 11.8. The van der Waals surface area contributed by atoms with Crippen molar-refractivity contribution < 1.29 is 5.11 Å². The number of phenols is 1. The fourth-order valence-corrected chi connectivity index (χ4v) is 2.62. The number of nitrogens with one attached hydrogen (secondary N) is 1. The van der Waals surface area contributed by atoms with Crippen LogP contribution in [0.4, 0.5) is 0 Å². The van der Waals surface area contributed by atoms with Gasteiger partial charge in [-0.1, -0.05) is 26.8 Å². The van der Waals surface area contributed by atoms with Crippen LogP contribution < -0.4 is 5.32 Å². The van der Waals surface area contributed by atoms with Gasteiger partial charge in [0, 0.05) is 6.04 Å². The number of hydrogen-bond donors (Lipinski definition) is 2. The van der Waals surface area contributed by atoms with Gasteiger partial charge < -0.3 is 10.4 Å². The van der Waals surface area contributed by atoms with Crippen LogP contribution in [0, 0.1) is 5.41 Å². The topological polar surface area (TPSA) is 32.3 Å². The van der Waals surface area contributed by atoms with Gasteiger partial charge in [-0.2, -0.15) is 0 Å². The molecule has 0 fully saturated rings. The van der Waals surface area contributed by atoms with Crippen molar-refractivity contribution in [3.05, 3.63) is 29.3 Å². The molecule has 1 atom stereocenters. The Labute approximate surface area is 110 Å². The molecule has 0 aromatic heterocycles. The third-order valence-electron chi connectivity index (χ3n) is 3.71. The molecule has 0 saturated heterocycles. The molecule has 1 aliphatic carbocycles. The van der Waals surface area contributed by atoms with Gasteiger partial charge in [0.2, 0.25) is 0 Å². The lowest BCUT2D eigenvalue weighted by atomic mass is 9.87. The largest absolute Gasteiger partial charge is 0.508 e. The van der Waals surface area contributed by atoms with E-state index < -0.39 is 0 Å². The van der Waals surface area contributed by atoms with E-state index in [4.69, 9.17) is 0 Å². The molecule has 0 spiro atoms. The molecule has 0 saturated carbocycles. The van der Waals surface area contributed by atoms with Crippen LogP contribution >= 0.6 is 0 Å². The fraction of sp³-hybridized carbons (Fsp3) is 0.625. The van der Waals surface area contributed by atoms with E-state index in [0.717, 1.165) is 13.0 Å².